The van der Waals surface area contributed by atoms with Crippen LogP contribution in [0.25, 0.3) is 11.0 Å². The summed E-state index contributed by atoms with van der Waals surface area (Å²) in [6.07, 6.45) is 0. The molecule has 0 radical (unpaired) electrons. The summed E-state index contributed by atoms with van der Waals surface area (Å²) in [5.41, 5.74) is 0.685. The van der Waals surface area contributed by atoms with E-state index in [1.54, 1.807) is 30.8 Å². The quantitative estimate of drug-likeness (QED) is 0.573. The first-order chi connectivity index (χ1) is 10.6. The summed E-state index contributed by atoms with van der Waals surface area (Å²) in [6, 6.07) is 4.60. The number of aromatic nitrogens is 2. The monoisotopic (exact) mass is 337 g/mol. The van der Waals surface area contributed by atoms with Crippen molar-refractivity contribution in [3.8, 4) is 0 Å². The van der Waals surface area contributed by atoms with Gasteiger partial charge in [-0.1, -0.05) is 42.2 Å². The fourth-order valence-corrected chi connectivity index (χ4v) is 3.67. The number of carbonyl (C=O) groups is 1. The summed E-state index contributed by atoms with van der Waals surface area (Å²) >= 11 is 2.84. The van der Waals surface area contributed by atoms with Crippen molar-refractivity contribution in [3.05, 3.63) is 35.3 Å². The molecule has 0 aliphatic carbocycles. The topological polar surface area (TPSA) is 68.0 Å². The molecule has 0 bridgehead atoms. The van der Waals surface area contributed by atoms with Gasteiger partial charge in [-0.3, -0.25) is 10.1 Å². The van der Waals surface area contributed by atoms with Crippen LogP contribution in [0, 0.1) is 12.7 Å². The number of hydrogen-bond acceptors (Lipinski definition) is 6. The molecule has 0 fully saturated rings. The lowest BCUT2D eigenvalue weighted by molar-refractivity contribution is 0.0997. The van der Waals surface area contributed by atoms with Crippen LogP contribution in [-0.4, -0.2) is 21.9 Å². The van der Waals surface area contributed by atoms with Crippen LogP contribution in [0.5, 0.6) is 0 Å². The molecular formula is C14H12FN3O2S2. The van der Waals surface area contributed by atoms with E-state index in [9.17, 15) is 9.18 Å². The second-order valence-corrected chi connectivity index (χ2v) is 6.92. The van der Waals surface area contributed by atoms with Crippen molar-refractivity contribution in [2.45, 2.75) is 18.2 Å². The number of nitrogens with zero attached hydrogens (tertiary/aromatic N) is 2. The molecule has 5 nitrogen and oxygen atoms in total. The van der Waals surface area contributed by atoms with Crippen molar-refractivity contribution < 1.29 is 13.6 Å². The minimum absolute atomic E-state index is 0.0833. The average molecular weight is 337 g/mol. The number of anilines is 1. The second-order valence-electron chi connectivity index (χ2n) is 4.43. The maximum atomic E-state index is 13.7. The van der Waals surface area contributed by atoms with E-state index in [4.69, 9.17) is 4.42 Å². The highest BCUT2D eigenvalue weighted by atomic mass is 32.2. The van der Waals surface area contributed by atoms with Crippen molar-refractivity contribution in [3.63, 3.8) is 0 Å². The van der Waals surface area contributed by atoms with E-state index in [0.717, 1.165) is 10.1 Å². The van der Waals surface area contributed by atoms with Gasteiger partial charge in [0.15, 0.2) is 21.5 Å². The van der Waals surface area contributed by atoms with E-state index in [1.807, 2.05) is 6.92 Å². The van der Waals surface area contributed by atoms with Crippen molar-refractivity contribution in [1.29, 1.82) is 0 Å². The summed E-state index contributed by atoms with van der Waals surface area (Å²) in [5.74, 6) is 0.0133. The Morgan fingerprint density at radius 2 is 2.27 bits per heavy atom. The van der Waals surface area contributed by atoms with Gasteiger partial charge < -0.3 is 4.42 Å². The average Bonchev–Trinajstić information content (AvgIpc) is 3.06. The minimum atomic E-state index is -0.489. The highest BCUT2D eigenvalue weighted by Crippen LogP contribution is 2.29. The number of amides is 1. The van der Waals surface area contributed by atoms with E-state index in [-0.39, 0.29) is 11.3 Å². The number of thioether (sulfide) groups is 1. The SMILES string of the molecule is CCSc1nnc(NC(=O)c2oc3c(F)cccc3c2C)s1. The van der Waals surface area contributed by atoms with Gasteiger partial charge in [0.1, 0.15) is 0 Å². The number of aryl methyl sites for hydroxylation is 1. The van der Waals surface area contributed by atoms with Crippen molar-refractivity contribution in [2.75, 3.05) is 11.1 Å². The number of furan rings is 1. The number of para-hydroxylation sites is 1. The zero-order valence-electron chi connectivity index (χ0n) is 11.8. The van der Waals surface area contributed by atoms with Gasteiger partial charge in [0.05, 0.1) is 0 Å². The van der Waals surface area contributed by atoms with Gasteiger partial charge in [0.2, 0.25) is 5.13 Å². The molecule has 1 N–H and O–H groups in total. The molecule has 1 aromatic carbocycles. The fourth-order valence-electron chi connectivity index (χ4n) is 2.02. The first-order valence-corrected chi connectivity index (χ1v) is 8.35. The van der Waals surface area contributed by atoms with Crippen molar-refractivity contribution in [2.24, 2.45) is 0 Å². The Hall–Kier alpha value is -1.93. The Balaban J connectivity index is 1.88. The summed E-state index contributed by atoms with van der Waals surface area (Å²) in [6.45, 7) is 3.73. The zero-order chi connectivity index (χ0) is 15.7. The molecule has 2 heterocycles. The number of hydrogen-bond donors (Lipinski definition) is 1. The molecule has 0 aliphatic heterocycles. The number of fused-ring (bicyclic) bond motifs is 1. The summed E-state index contributed by atoms with van der Waals surface area (Å²) < 4.78 is 19.9. The third kappa shape index (κ3) is 2.71. The largest absolute Gasteiger partial charge is 0.448 e. The van der Waals surface area contributed by atoms with Crippen LogP contribution in [0.3, 0.4) is 0 Å². The van der Waals surface area contributed by atoms with Crippen LogP contribution >= 0.6 is 23.1 Å². The van der Waals surface area contributed by atoms with E-state index in [2.05, 4.69) is 15.5 Å². The second kappa shape index (κ2) is 6.05. The molecular weight excluding hydrogens is 325 g/mol. The van der Waals surface area contributed by atoms with E-state index < -0.39 is 11.7 Å². The molecule has 3 aromatic rings. The van der Waals surface area contributed by atoms with Gasteiger partial charge in [-0.15, -0.1) is 10.2 Å². The smallest absolute Gasteiger partial charge is 0.293 e. The lowest BCUT2D eigenvalue weighted by Gasteiger charge is -1.98. The van der Waals surface area contributed by atoms with Gasteiger partial charge in [0, 0.05) is 10.9 Å². The number of nitrogens with one attached hydrogen (secondary N) is 1. The Kier molecular flexibility index (Phi) is 4.12. The fraction of sp³-hybridized carbons (Fsp3) is 0.214. The lowest BCUT2D eigenvalue weighted by Crippen LogP contribution is -2.11. The van der Waals surface area contributed by atoms with Crippen LogP contribution in [0.15, 0.2) is 27.0 Å². The molecule has 0 aliphatic rings. The van der Waals surface area contributed by atoms with Gasteiger partial charge in [0.25, 0.3) is 5.91 Å². The predicted octanol–water partition coefficient (Wildman–Crippen LogP) is 4.10. The van der Waals surface area contributed by atoms with E-state index in [0.29, 0.717) is 16.1 Å². The molecule has 114 valence electrons. The molecule has 8 heteroatoms. The number of benzene rings is 1. The molecule has 0 unspecified atom stereocenters. The lowest BCUT2D eigenvalue weighted by atomic mass is 10.1. The van der Waals surface area contributed by atoms with E-state index >= 15 is 0 Å². The third-order valence-corrected chi connectivity index (χ3v) is 4.87. The Morgan fingerprint density at radius 3 is 3.00 bits per heavy atom. The van der Waals surface area contributed by atoms with Crippen molar-refractivity contribution in [1.82, 2.24) is 10.2 Å². The molecule has 2 aromatic heterocycles. The Morgan fingerprint density at radius 1 is 1.45 bits per heavy atom. The number of rotatable bonds is 4. The standard InChI is InChI=1S/C14H12FN3O2S2/c1-3-21-14-18-17-13(22-14)16-12(19)10-7(2)8-5-4-6-9(15)11(8)20-10/h4-6H,3H2,1-2H3,(H,16,17,19). The normalized spacial score (nSPS) is 11.0. The number of halogens is 1. The summed E-state index contributed by atoms with van der Waals surface area (Å²) in [4.78, 5) is 12.3. The molecule has 0 saturated carbocycles. The summed E-state index contributed by atoms with van der Waals surface area (Å²) in [5, 5.41) is 11.5. The van der Waals surface area contributed by atoms with E-state index in [1.165, 1.54) is 17.4 Å². The van der Waals surface area contributed by atoms with Crippen LogP contribution in [0.2, 0.25) is 0 Å². The molecule has 0 saturated heterocycles. The molecule has 3 rings (SSSR count). The van der Waals surface area contributed by atoms with Crippen LogP contribution < -0.4 is 5.32 Å². The maximum Gasteiger partial charge on any atom is 0.293 e. The Bertz CT molecular complexity index is 844. The zero-order valence-corrected chi connectivity index (χ0v) is 13.5. The first-order valence-electron chi connectivity index (χ1n) is 6.55. The number of carbonyl (C=O) groups excluding carboxylic acids is 1. The molecule has 0 atom stereocenters. The first kappa shape index (κ1) is 15.0. The van der Waals surface area contributed by atoms with Crippen LogP contribution in [-0.2, 0) is 0 Å². The molecule has 22 heavy (non-hydrogen) atoms. The third-order valence-electron chi connectivity index (χ3n) is 3.02. The molecule has 1 amide bonds. The maximum absolute atomic E-state index is 13.7. The van der Waals surface area contributed by atoms with Gasteiger partial charge in [-0.05, 0) is 18.7 Å². The van der Waals surface area contributed by atoms with Gasteiger partial charge in [-0.2, -0.15) is 0 Å². The van der Waals surface area contributed by atoms with Gasteiger partial charge in [-0.25, -0.2) is 4.39 Å². The van der Waals surface area contributed by atoms with Crippen molar-refractivity contribution >= 4 is 45.1 Å². The highest BCUT2D eigenvalue weighted by molar-refractivity contribution is 8.01. The minimum Gasteiger partial charge on any atom is -0.448 e. The highest BCUT2D eigenvalue weighted by Gasteiger charge is 2.20. The predicted molar refractivity (Wildman–Crippen MR) is 85.2 cm³/mol. The molecule has 0 spiro atoms. The summed E-state index contributed by atoms with van der Waals surface area (Å²) in [7, 11) is 0. The van der Waals surface area contributed by atoms with Crippen LogP contribution in [0.4, 0.5) is 9.52 Å². The Labute approximate surface area is 133 Å². The van der Waals surface area contributed by atoms with Crippen LogP contribution in [0.1, 0.15) is 23.0 Å². The van der Waals surface area contributed by atoms with Gasteiger partial charge >= 0.3 is 0 Å².